The van der Waals surface area contributed by atoms with Gasteiger partial charge >= 0.3 is 0 Å². The first kappa shape index (κ1) is 17.2. The Bertz CT molecular complexity index is 1030. The number of nitrogens with zero attached hydrogens (tertiary/aromatic N) is 4. The Hall–Kier alpha value is -3.25. The van der Waals surface area contributed by atoms with Crippen LogP contribution in [0.15, 0.2) is 66.9 Å². The lowest BCUT2D eigenvalue weighted by Gasteiger charge is -2.12. The van der Waals surface area contributed by atoms with Crippen LogP contribution >= 0.6 is 0 Å². The Morgan fingerprint density at radius 3 is 2.63 bits per heavy atom. The number of aromatic nitrogens is 4. The zero-order valence-electron chi connectivity index (χ0n) is 15.2. The van der Waals surface area contributed by atoms with Crippen LogP contribution in [0.3, 0.4) is 0 Å². The molecular weight excluding hydrogens is 338 g/mol. The molecule has 0 fully saturated rings. The van der Waals surface area contributed by atoms with E-state index in [2.05, 4.69) is 10.4 Å². The van der Waals surface area contributed by atoms with E-state index in [0.29, 0.717) is 12.4 Å². The maximum atomic E-state index is 5.14. The van der Waals surface area contributed by atoms with E-state index in [-0.39, 0.29) is 0 Å². The lowest BCUT2D eigenvalue weighted by atomic mass is 10.2. The number of benzene rings is 2. The quantitative estimate of drug-likeness (QED) is 0.499. The van der Waals surface area contributed by atoms with Gasteiger partial charge in [-0.2, -0.15) is 5.10 Å². The molecule has 1 N–H and O–H groups in total. The highest BCUT2D eigenvalue weighted by Crippen LogP contribution is 2.27. The molecule has 0 atom stereocenters. The molecule has 2 heterocycles. The molecule has 4 rings (SSSR count). The third-order valence-electron chi connectivity index (χ3n) is 4.32. The topological polar surface area (TPSA) is 64.9 Å². The van der Waals surface area contributed by atoms with Crippen LogP contribution in [0.1, 0.15) is 6.42 Å². The number of ether oxygens (including phenoxy) is 1. The highest BCUT2D eigenvalue weighted by molar-refractivity contribution is 5.91. The molecule has 0 aliphatic heterocycles. The fraction of sp³-hybridized carbons (Fsp3) is 0.190. The number of hydrogen-bond acceptors (Lipinski definition) is 5. The van der Waals surface area contributed by atoms with Gasteiger partial charge in [0.25, 0.3) is 0 Å². The van der Waals surface area contributed by atoms with Crippen molar-refractivity contribution in [3.05, 3.63) is 66.9 Å². The number of aryl methyl sites for hydroxylation is 1. The van der Waals surface area contributed by atoms with Crippen molar-refractivity contribution in [2.45, 2.75) is 13.0 Å². The third kappa shape index (κ3) is 3.80. The van der Waals surface area contributed by atoms with E-state index in [1.807, 2.05) is 65.3 Å². The summed E-state index contributed by atoms with van der Waals surface area (Å²) in [4.78, 5) is 9.52. The molecule has 136 valence electrons. The standard InChI is InChI=1S/C21H21N5O/c1-27-15-7-14-26-19(12-13-22-26)24-21-17-10-5-6-11-18(17)23-20(25-21)16-8-3-2-4-9-16/h2-6,8-13H,7,14-15H2,1H3,(H,23,24,25). The van der Waals surface area contributed by atoms with Crippen LogP contribution in [-0.2, 0) is 11.3 Å². The number of anilines is 2. The van der Waals surface area contributed by atoms with Crippen molar-refractivity contribution in [2.75, 3.05) is 19.0 Å². The first-order chi connectivity index (χ1) is 13.3. The van der Waals surface area contributed by atoms with E-state index in [1.165, 1.54) is 0 Å². The largest absolute Gasteiger partial charge is 0.385 e. The first-order valence-electron chi connectivity index (χ1n) is 8.95. The van der Waals surface area contributed by atoms with Gasteiger partial charge in [0.2, 0.25) is 0 Å². The van der Waals surface area contributed by atoms with Crippen LogP contribution in [0.2, 0.25) is 0 Å². The van der Waals surface area contributed by atoms with Gasteiger partial charge in [-0.05, 0) is 18.6 Å². The van der Waals surface area contributed by atoms with Crippen LogP contribution in [0, 0.1) is 0 Å². The molecule has 0 aliphatic carbocycles. The van der Waals surface area contributed by atoms with E-state index >= 15 is 0 Å². The maximum Gasteiger partial charge on any atom is 0.162 e. The van der Waals surface area contributed by atoms with E-state index in [0.717, 1.165) is 41.1 Å². The number of fused-ring (bicyclic) bond motifs is 1. The summed E-state index contributed by atoms with van der Waals surface area (Å²) < 4.78 is 7.07. The first-order valence-corrected chi connectivity index (χ1v) is 8.95. The van der Waals surface area contributed by atoms with Gasteiger partial charge in [-0.3, -0.25) is 0 Å². The Morgan fingerprint density at radius 2 is 1.78 bits per heavy atom. The monoisotopic (exact) mass is 359 g/mol. The zero-order chi connectivity index (χ0) is 18.5. The Labute approximate surface area is 157 Å². The molecule has 0 spiro atoms. The second kappa shape index (κ2) is 7.97. The van der Waals surface area contributed by atoms with Gasteiger partial charge in [-0.15, -0.1) is 0 Å². The summed E-state index contributed by atoms with van der Waals surface area (Å²) in [6, 6.07) is 20.0. The summed E-state index contributed by atoms with van der Waals surface area (Å²) >= 11 is 0. The second-order valence-corrected chi connectivity index (χ2v) is 6.19. The van der Waals surface area contributed by atoms with Crippen molar-refractivity contribution >= 4 is 22.5 Å². The molecule has 0 unspecified atom stereocenters. The number of methoxy groups -OCH3 is 1. The number of nitrogens with one attached hydrogen (secondary N) is 1. The van der Waals surface area contributed by atoms with Crippen molar-refractivity contribution < 1.29 is 4.74 Å². The molecule has 0 saturated heterocycles. The average Bonchev–Trinajstić information content (AvgIpc) is 3.16. The van der Waals surface area contributed by atoms with Crippen molar-refractivity contribution in [3.63, 3.8) is 0 Å². The predicted octanol–water partition coefficient (Wildman–Crippen LogP) is 4.27. The van der Waals surface area contributed by atoms with Crippen LogP contribution < -0.4 is 5.32 Å². The molecule has 2 aromatic carbocycles. The summed E-state index contributed by atoms with van der Waals surface area (Å²) in [7, 11) is 1.71. The fourth-order valence-electron chi connectivity index (χ4n) is 2.99. The fourth-order valence-corrected chi connectivity index (χ4v) is 2.99. The van der Waals surface area contributed by atoms with E-state index in [4.69, 9.17) is 14.7 Å². The normalized spacial score (nSPS) is 11.0. The molecule has 0 radical (unpaired) electrons. The lowest BCUT2D eigenvalue weighted by Crippen LogP contribution is -2.08. The lowest BCUT2D eigenvalue weighted by molar-refractivity contribution is 0.189. The maximum absolute atomic E-state index is 5.14. The average molecular weight is 359 g/mol. The van der Waals surface area contributed by atoms with Crippen LogP contribution in [-0.4, -0.2) is 33.5 Å². The van der Waals surface area contributed by atoms with Gasteiger partial charge in [0, 0.05) is 37.3 Å². The SMILES string of the molecule is COCCCn1nccc1Nc1nc(-c2ccccc2)nc2ccccc12. The van der Waals surface area contributed by atoms with Crippen molar-refractivity contribution in [1.82, 2.24) is 19.7 Å². The molecule has 2 aromatic heterocycles. The predicted molar refractivity (Wildman–Crippen MR) is 107 cm³/mol. The Kier molecular flexibility index (Phi) is 5.07. The molecule has 27 heavy (non-hydrogen) atoms. The summed E-state index contributed by atoms with van der Waals surface area (Å²) in [5.74, 6) is 2.36. The third-order valence-corrected chi connectivity index (χ3v) is 4.32. The zero-order valence-corrected chi connectivity index (χ0v) is 15.2. The molecule has 6 nitrogen and oxygen atoms in total. The van der Waals surface area contributed by atoms with Crippen molar-refractivity contribution in [3.8, 4) is 11.4 Å². The molecule has 0 amide bonds. The van der Waals surface area contributed by atoms with Gasteiger partial charge in [0.15, 0.2) is 5.82 Å². The minimum atomic E-state index is 0.697. The van der Waals surface area contributed by atoms with Crippen molar-refractivity contribution in [1.29, 1.82) is 0 Å². The smallest absolute Gasteiger partial charge is 0.162 e. The molecule has 6 heteroatoms. The van der Waals surface area contributed by atoms with E-state index in [9.17, 15) is 0 Å². The van der Waals surface area contributed by atoms with Crippen LogP contribution in [0.5, 0.6) is 0 Å². The molecule has 0 aliphatic rings. The summed E-state index contributed by atoms with van der Waals surface area (Å²) in [5, 5.41) is 8.82. The van der Waals surface area contributed by atoms with Crippen LogP contribution in [0.4, 0.5) is 11.6 Å². The highest BCUT2D eigenvalue weighted by atomic mass is 16.5. The Morgan fingerprint density at radius 1 is 0.963 bits per heavy atom. The van der Waals surface area contributed by atoms with Gasteiger partial charge in [0.05, 0.1) is 11.7 Å². The number of hydrogen-bond donors (Lipinski definition) is 1. The minimum absolute atomic E-state index is 0.697. The molecule has 0 bridgehead atoms. The second-order valence-electron chi connectivity index (χ2n) is 6.19. The molecule has 4 aromatic rings. The Balaban J connectivity index is 1.72. The van der Waals surface area contributed by atoms with E-state index < -0.39 is 0 Å². The summed E-state index contributed by atoms with van der Waals surface area (Å²) in [6.45, 7) is 1.48. The van der Waals surface area contributed by atoms with Gasteiger partial charge in [0.1, 0.15) is 11.6 Å². The number of rotatable bonds is 7. The minimum Gasteiger partial charge on any atom is -0.385 e. The highest BCUT2D eigenvalue weighted by Gasteiger charge is 2.11. The number of para-hydroxylation sites is 1. The molecule has 0 saturated carbocycles. The van der Waals surface area contributed by atoms with Crippen molar-refractivity contribution in [2.24, 2.45) is 0 Å². The van der Waals surface area contributed by atoms with E-state index in [1.54, 1.807) is 13.3 Å². The van der Waals surface area contributed by atoms with Crippen LogP contribution in [0.25, 0.3) is 22.3 Å². The summed E-state index contributed by atoms with van der Waals surface area (Å²) in [6.07, 6.45) is 2.68. The molecular formula is C21H21N5O. The summed E-state index contributed by atoms with van der Waals surface area (Å²) in [5.41, 5.74) is 1.89. The van der Waals surface area contributed by atoms with Gasteiger partial charge in [-0.25, -0.2) is 14.6 Å². The van der Waals surface area contributed by atoms with Gasteiger partial charge in [-0.1, -0.05) is 42.5 Å². The van der Waals surface area contributed by atoms with Gasteiger partial charge < -0.3 is 10.1 Å².